The van der Waals surface area contributed by atoms with Crippen LogP contribution in [0.25, 0.3) is 0 Å². The molecule has 0 spiro atoms. The van der Waals surface area contributed by atoms with Crippen LogP contribution in [0.2, 0.25) is 0 Å². The third kappa shape index (κ3) is 5.87. The fraction of sp³-hybridized carbons (Fsp3) is 0.182. The van der Waals surface area contributed by atoms with Gasteiger partial charge in [0, 0.05) is 6.54 Å². The zero-order valence-corrected chi connectivity index (χ0v) is 20.5. The molecule has 8 nitrogen and oxygen atoms in total. The van der Waals surface area contributed by atoms with Gasteiger partial charge in [-0.2, -0.15) is 0 Å². The summed E-state index contributed by atoms with van der Waals surface area (Å²) in [6.07, 6.45) is 0.296. The molecule has 0 bridgehead atoms. The highest BCUT2D eigenvalue weighted by molar-refractivity contribution is 7.91. The van der Waals surface area contributed by atoms with Crippen molar-refractivity contribution in [3.63, 3.8) is 0 Å². The maximum Gasteiger partial charge on any atom is 0.240 e. The first-order valence-electron chi connectivity index (χ1n) is 9.84. The Morgan fingerprint density at radius 1 is 0.727 bits per heavy atom. The third-order valence-electron chi connectivity index (χ3n) is 5.05. The molecule has 3 N–H and O–H groups in total. The second-order valence-corrected chi connectivity index (χ2v) is 12.8. The van der Waals surface area contributed by atoms with Crippen molar-refractivity contribution in [3.05, 3.63) is 83.4 Å². The number of benzene rings is 3. The maximum atomic E-state index is 13.0. The Labute approximate surface area is 194 Å². The number of hydrogen-bond donors (Lipinski definition) is 2. The SMILES string of the molecule is Cc1ccc(S(=O)(=O)c2ccc(C)c(S(=O)(=O)NCCc3ccc(S(N)(=O)=O)cc3)c2)cc1. The van der Waals surface area contributed by atoms with E-state index in [4.69, 9.17) is 5.14 Å². The molecule has 176 valence electrons. The molecule has 0 aliphatic rings. The summed E-state index contributed by atoms with van der Waals surface area (Å²) in [7, 11) is -11.7. The fourth-order valence-electron chi connectivity index (χ4n) is 3.14. The van der Waals surface area contributed by atoms with Gasteiger partial charge in [-0.25, -0.2) is 35.1 Å². The Hall–Kier alpha value is -2.57. The molecule has 0 fully saturated rings. The first-order valence-corrected chi connectivity index (χ1v) is 14.4. The minimum absolute atomic E-state index is 0.0332. The van der Waals surface area contributed by atoms with Gasteiger partial charge in [-0.3, -0.25) is 0 Å². The molecule has 3 rings (SSSR count). The van der Waals surface area contributed by atoms with E-state index in [1.54, 1.807) is 31.2 Å². The lowest BCUT2D eigenvalue weighted by Crippen LogP contribution is -2.27. The van der Waals surface area contributed by atoms with Gasteiger partial charge in [0.2, 0.25) is 29.9 Å². The van der Waals surface area contributed by atoms with E-state index < -0.39 is 29.9 Å². The lowest BCUT2D eigenvalue weighted by molar-refractivity contribution is 0.580. The van der Waals surface area contributed by atoms with Gasteiger partial charge in [-0.05, 0) is 67.8 Å². The van der Waals surface area contributed by atoms with Crippen molar-refractivity contribution in [2.45, 2.75) is 39.9 Å². The van der Waals surface area contributed by atoms with Crippen molar-refractivity contribution in [2.75, 3.05) is 6.54 Å². The molecule has 0 aliphatic carbocycles. The van der Waals surface area contributed by atoms with E-state index in [1.807, 2.05) is 6.92 Å². The predicted molar refractivity (Wildman–Crippen MR) is 125 cm³/mol. The van der Waals surface area contributed by atoms with Gasteiger partial charge in [0.1, 0.15) is 0 Å². The normalized spacial score (nSPS) is 12.6. The third-order valence-corrected chi connectivity index (χ3v) is 9.35. The standard InChI is InChI=1S/C22H24N2O6S3/c1-16-3-8-19(9-4-16)31(25,26)21-10-5-17(2)22(15-21)33(29,30)24-14-13-18-6-11-20(12-7-18)32(23,27)28/h3-12,15,24H,13-14H2,1-2H3,(H2,23,27,28). The summed E-state index contributed by atoms with van der Waals surface area (Å²) in [6.45, 7) is 3.46. The number of rotatable bonds is 8. The number of nitrogens with one attached hydrogen (secondary N) is 1. The highest BCUT2D eigenvalue weighted by Crippen LogP contribution is 2.25. The van der Waals surface area contributed by atoms with Gasteiger partial charge in [-0.1, -0.05) is 35.9 Å². The lowest BCUT2D eigenvalue weighted by Gasteiger charge is -2.12. The zero-order valence-electron chi connectivity index (χ0n) is 18.0. The van der Waals surface area contributed by atoms with Gasteiger partial charge < -0.3 is 0 Å². The lowest BCUT2D eigenvalue weighted by atomic mass is 10.2. The average Bonchev–Trinajstić information content (AvgIpc) is 2.73. The summed E-state index contributed by atoms with van der Waals surface area (Å²) in [5, 5.41) is 5.07. The molecule has 0 saturated heterocycles. The minimum Gasteiger partial charge on any atom is -0.225 e. The summed E-state index contributed by atoms with van der Waals surface area (Å²) in [4.78, 5) is -0.193. The van der Waals surface area contributed by atoms with Crippen LogP contribution in [0.15, 0.2) is 86.3 Å². The van der Waals surface area contributed by atoms with Crippen molar-refractivity contribution >= 4 is 29.9 Å². The first kappa shape index (κ1) is 25.1. The highest BCUT2D eigenvalue weighted by Gasteiger charge is 2.23. The zero-order chi connectivity index (χ0) is 24.4. The summed E-state index contributed by atoms with van der Waals surface area (Å²) in [5.74, 6) is 0. The van der Waals surface area contributed by atoms with E-state index in [-0.39, 0.29) is 26.1 Å². The average molecular weight is 509 g/mol. The first-order chi connectivity index (χ1) is 15.3. The Balaban J connectivity index is 1.80. The maximum absolute atomic E-state index is 13.0. The Bertz CT molecular complexity index is 1480. The van der Waals surface area contributed by atoms with Crippen LogP contribution >= 0.6 is 0 Å². The summed E-state index contributed by atoms with van der Waals surface area (Å²) >= 11 is 0. The number of sulfonamides is 2. The number of primary sulfonamides is 1. The van der Waals surface area contributed by atoms with Gasteiger partial charge in [0.15, 0.2) is 0 Å². The van der Waals surface area contributed by atoms with Crippen molar-refractivity contribution in [3.8, 4) is 0 Å². The van der Waals surface area contributed by atoms with Crippen LogP contribution in [0, 0.1) is 13.8 Å². The molecule has 0 aromatic heterocycles. The number of hydrogen-bond acceptors (Lipinski definition) is 6. The van der Waals surface area contributed by atoms with Crippen LogP contribution in [0.1, 0.15) is 16.7 Å². The second kappa shape index (κ2) is 9.35. The smallest absolute Gasteiger partial charge is 0.225 e. The number of sulfone groups is 1. The molecule has 0 heterocycles. The van der Waals surface area contributed by atoms with E-state index in [0.717, 1.165) is 11.6 Å². The van der Waals surface area contributed by atoms with E-state index in [2.05, 4.69) is 4.72 Å². The largest absolute Gasteiger partial charge is 0.240 e. The van der Waals surface area contributed by atoms with Crippen LogP contribution in [-0.2, 0) is 36.3 Å². The number of aryl methyl sites for hydroxylation is 2. The molecule has 0 aliphatic heterocycles. The van der Waals surface area contributed by atoms with Crippen molar-refractivity contribution < 1.29 is 25.3 Å². The van der Waals surface area contributed by atoms with E-state index in [0.29, 0.717) is 17.5 Å². The molecule has 11 heteroatoms. The van der Waals surface area contributed by atoms with Crippen molar-refractivity contribution in [1.29, 1.82) is 0 Å². The molecular weight excluding hydrogens is 484 g/mol. The minimum atomic E-state index is -3.99. The number of nitrogens with two attached hydrogens (primary N) is 1. The summed E-state index contributed by atoms with van der Waals surface area (Å²) in [6, 6.07) is 16.1. The Morgan fingerprint density at radius 3 is 1.85 bits per heavy atom. The van der Waals surface area contributed by atoms with Gasteiger partial charge in [0.25, 0.3) is 0 Å². The van der Waals surface area contributed by atoms with Crippen LogP contribution in [0.5, 0.6) is 0 Å². The van der Waals surface area contributed by atoms with Gasteiger partial charge >= 0.3 is 0 Å². The van der Waals surface area contributed by atoms with E-state index >= 15 is 0 Å². The molecular formula is C22H24N2O6S3. The summed E-state index contributed by atoms with van der Waals surface area (Å²) < 4.78 is 76.8. The molecule has 0 unspecified atom stereocenters. The quantitative estimate of drug-likeness (QED) is 0.478. The van der Waals surface area contributed by atoms with Crippen LogP contribution < -0.4 is 9.86 Å². The Kier molecular flexibility index (Phi) is 7.10. The molecule has 0 amide bonds. The molecule has 3 aromatic rings. The van der Waals surface area contributed by atoms with Crippen molar-refractivity contribution in [1.82, 2.24) is 4.72 Å². The van der Waals surface area contributed by atoms with Gasteiger partial charge in [0.05, 0.1) is 19.6 Å². The monoisotopic (exact) mass is 508 g/mol. The van der Waals surface area contributed by atoms with Crippen LogP contribution in [-0.4, -0.2) is 31.8 Å². The van der Waals surface area contributed by atoms with E-state index in [9.17, 15) is 25.3 Å². The molecule has 0 atom stereocenters. The van der Waals surface area contributed by atoms with E-state index in [1.165, 1.54) is 36.4 Å². The van der Waals surface area contributed by atoms with Crippen LogP contribution in [0.3, 0.4) is 0 Å². The topological polar surface area (TPSA) is 140 Å². The highest BCUT2D eigenvalue weighted by atomic mass is 32.2. The van der Waals surface area contributed by atoms with Gasteiger partial charge in [-0.15, -0.1) is 0 Å². The Morgan fingerprint density at radius 2 is 1.27 bits per heavy atom. The van der Waals surface area contributed by atoms with Crippen molar-refractivity contribution in [2.24, 2.45) is 5.14 Å². The molecule has 0 radical (unpaired) electrons. The molecule has 33 heavy (non-hydrogen) atoms. The van der Waals surface area contributed by atoms with Crippen LogP contribution in [0.4, 0.5) is 0 Å². The molecule has 3 aromatic carbocycles. The fourth-order valence-corrected chi connectivity index (χ4v) is 6.32. The predicted octanol–water partition coefficient (Wildman–Crippen LogP) is 2.30. The summed E-state index contributed by atoms with van der Waals surface area (Å²) in [5.41, 5.74) is 2.02. The molecule has 0 saturated carbocycles. The second-order valence-electron chi connectivity index (χ2n) is 7.58.